The lowest BCUT2D eigenvalue weighted by Gasteiger charge is -2.58. The molecule has 24 heavy (non-hydrogen) atoms. The summed E-state index contributed by atoms with van der Waals surface area (Å²) in [6.45, 7) is 20.0. The Morgan fingerprint density at radius 2 is 1.75 bits per heavy atom. The van der Waals surface area contributed by atoms with Crippen molar-refractivity contribution in [2.75, 3.05) is 0 Å². The first kappa shape index (κ1) is 19.6. The van der Waals surface area contributed by atoms with Gasteiger partial charge in [0.25, 0.3) is 0 Å². The molecular formula is C20H37NO2Si. The molecule has 0 heterocycles. The van der Waals surface area contributed by atoms with Gasteiger partial charge in [-0.2, -0.15) is 0 Å². The normalized spacial score (nSPS) is 26.7. The van der Waals surface area contributed by atoms with Crippen LogP contribution >= 0.6 is 0 Å². The number of ether oxygens (including phenoxy) is 1. The lowest BCUT2D eigenvalue weighted by molar-refractivity contribution is -0.0202. The fraction of sp³-hybridized carbons (Fsp3) is 0.850. The van der Waals surface area contributed by atoms with Gasteiger partial charge in [0.15, 0.2) is 0 Å². The molecule has 0 aromatic carbocycles. The summed E-state index contributed by atoms with van der Waals surface area (Å²) < 4.78 is 6.21. The maximum Gasteiger partial charge on any atom is 0.410 e. The Morgan fingerprint density at radius 1 is 1.21 bits per heavy atom. The molecule has 1 saturated carbocycles. The standard InChI is InChI=1S/C20H37NO2Si/c1-13(2)21(14(3)4)19(22)23-18(24(7,8)9)16-11-10-15-12-17(16)20(15,5)6/h11,13-15,17-18H,10,12H2,1-9H3/t15-,17-,18-/m0/s1. The molecule has 2 bridgehead atoms. The molecule has 0 aromatic rings. The van der Waals surface area contributed by atoms with Crippen LogP contribution in [0.15, 0.2) is 11.6 Å². The molecule has 4 heteroatoms. The number of nitrogens with zero attached hydrogens (tertiary/aromatic N) is 1. The van der Waals surface area contributed by atoms with Gasteiger partial charge in [0.05, 0.1) is 8.07 Å². The molecule has 3 atom stereocenters. The first-order valence-corrected chi connectivity index (χ1v) is 13.1. The summed E-state index contributed by atoms with van der Waals surface area (Å²) in [4.78, 5) is 14.8. The SMILES string of the molecule is CC(C)N(C(=O)O[C@H](C1=CC[C@H]2C[C@@H]1C2(C)C)[Si](C)(C)C)C(C)C. The van der Waals surface area contributed by atoms with E-state index < -0.39 is 8.07 Å². The highest BCUT2D eigenvalue weighted by atomic mass is 28.3. The van der Waals surface area contributed by atoms with Gasteiger partial charge in [-0.25, -0.2) is 4.79 Å². The summed E-state index contributed by atoms with van der Waals surface area (Å²) >= 11 is 0. The Bertz CT molecular complexity index is 508. The summed E-state index contributed by atoms with van der Waals surface area (Å²) in [7, 11) is -1.67. The van der Waals surface area contributed by atoms with Gasteiger partial charge in [0, 0.05) is 12.1 Å². The summed E-state index contributed by atoms with van der Waals surface area (Å²) in [5, 5.41) is 0. The molecule has 0 saturated heterocycles. The predicted octanol–water partition coefficient (Wildman–Crippen LogP) is 5.48. The van der Waals surface area contributed by atoms with E-state index in [-0.39, 0.29) is 23.9 Å². The van der Waals surface area contributed by atoms with E-state index in [0.717, 1.165) is 12.3 Å². The zero-order chi connectivity index (χ0) is 18.4. The average Bonchev–Trinajstić information content (AvgIpc) is 2.42. The summed E-state index contributed by atoms with van der Waals surface area (Å²) in [6, 6.07) is 0.314. The third-order valence-electron chi connectivity index (χ3n) is 6.14. The smallest absolute Gasteiger partial charge is 0.410 e. The summed E-state index contributed by atoms with van der Waals surface area (Å²) in [5.41, 5.74) is 1.78. The highest BCUT2D eigenvalue weighted by molar-refractivity contribution is 6.78. The fourth-order valence-corrected chi connectivity index (χ4v) is 6.39. The van der Waals surface area contributed by atoms with Crippen molar-refractivity contribution in [2.24, 2.45) is 17.3 Å². The summed E-state index contributed by atoms with van der Waals surface area (Å²) in [6.07, 6.45) is 4.67. The van der Waals surface area contributed by atoms with E-state index in [2.05, 4.69) is 67.3 Å². The lowest BCUT2D eigenvalue weighted by atomic mass is 9.49. The van der Waals surface area contributed by atoms with Gasteiger partial charge in [-0.05, 0) is 63.4 Å². The van der Waals surface area contributed by atoms with Crippen LogP contribution in [0.4, 0.5) is 4.79 Å². The fourth-order valence-electron chi connectivity index (χ4n) is 4.62. The number of allylic oxidation sites excluding steroid dienone is 1. The van der Waals surface area contributed by atoms with Gasteiger partial charge in [0.1, 0.15) is 5.73 Å². The Labute approximate surface area is 149 Å². The monoisotopic (exact) mass is 351 g/mol. The maximum atomic E-state index is 12.9. The molecule has 138 valence electrons. The molecular weight excluding hydrogens is 314 g/mol. The molecule has 1 amide bonds. The minimum atomic E-state index is -1.67. The third kappa shape index (κ3) is 3.44. The van der Waals surface area contributed by atoms with Gasteiger partial charge in [0.2, 0.25) is 0 Å². The van der Waals surface area contributed by atoms with Crippen LogP contribution in [0.5, 0.6) is 0 Å². The van der Waals surface area contributed by atoms with Crippen LogP contribution in [0.1, 0.15) is 54.4 Å². The van der Waals surface area contributed by atoms with E-state index in [0.29, 0.717) is 11.3 Å². The topological polar surface area (TPSA) is 29.5 Å². The molecule has 0 aliphatic heterocycles. The van der Waals surface area contributed by atoms with Crippen LogP contribution in [0, 0.1) is 17.3 Å². The second-order valence-electron chi connectivity index (χ2n) is 9.97. The molecule has 3 nitrogen and oxygen atoms in total. The number of carbonyl (C=O) groups excluding carboxylic acids is 1. The average molecular weight is 352 g/mol. The van der Waals surface area contributed by atoms with Crippen molar-refractivity contribution >= 4 is 14.2 Å². The number of carbonyl (C=O) groups is 1. The van der Waals surface area contributed by atoms with Crippen LogP contribution in [-0.4, -0.2) is 36.9 Å². The molecule has 3 rings (SSSR count). The quantitative estimate of drug-likeness (QED) is 0.485. The van der Waals surface area contributed by atoms with Crippen molar-refractivity contribution in [3.63, 3.8) is 0 Å². The van der Waals surface area contributed by atoms with Crippen molar-refractivity contribution < 1.29 is 9.53 Å². The Kier molecular flexibility index (Phi) is 5.30. The van der Waals surface area contributed by atoms with Crippen LogP contribution in [-0.2, 0) is 4.74 Å². The van der Waals surface area contributed by atoms with E-state index in [4.69, 9.17) is 4.74 Å². The Balaban J connectivity index is 2.25. The van der Waals surface area contributed by atoms with Crippen LogP contribution in [0.25, 0.3) is 0 Å². The maximum absolute atomic E-state index is 12.9. The van der Waals surface area contributed by atoms with E-state index in [1.54, 1.807) is 0 Å². The van der Waals surface area contributed by atoms with Crippen molar-refractivity contribution in [2.45, 2.75) is 91.8 Å². The van der Waals surface area contributed by atoms with Crippen molar-refractivity contribution in [3.8, 4) is 0 Å². The van der Waals surface area contributed by atoms with E-state index in [1.807, 2.05) is 4.90 Å². The minimum absolute atomic E-state index is 0.00414. The third-order valence-corrected chi connectivity index (χ3v) is 8.17. The van der Waals surface area contributed by atoms with Crippen LogP contribution in [0.3, 0.4) is 0 Å². The molecule has 3 aliphatic carbocycles. The summed E-state index contributed by atoms with van der Waals surface area (Å²) in [5.74, 6) is 1.40. The van der Waals surface area contributed by atoms with Gasteiger partial charge in [-0.15, -0.1) is 0 Å². The highest BCUT2D eigenvalue weighted by Crippen LogP contribution is 2.60. The van der Waals surface area contributed by atoms with E-state index in [1.165, 1.54) is 12.0 Å². The van der Waals surface area contributed by atoms with Crippen molar-refractivity contribution in [1.82, 2.24) is 4.90 Å². The van der Waals surface area contributed by atoms with E-state index in [9.17, 15) is 4.79 Å². The van der Waals surface area contributed by atoms with Crippen molar-refractivity contribution in [3.05, 3.63) is 11.6 Å². The molecule has 0 N–H and O–H groups in total. The lowest BCUT2D eigenvalue weighted by Crippen LogP contribution is -2.56. The largest absolute Gasteiger partial charge is 0.446 e. The van der Waals surface area contributed by atoms with Crippen LogP contribution in [0.2, 0.25) is 19.6 Å². The molecule has 1 fully saturated rings. The zero-order valence-electron chi connectivity index (χ0n) is 17.1. The van der Waals surface area contributed by atoms with Gasteiger partial charge in [-0.1, -0.05) is 39.6 Å². The Morgan fingerprint density at radius 3 is 2.12 bits per heavy atom. The van der Waals surface area contributed by atoms with Gasteiger partial charge < -0.3 is 9.64 Å². The second kappa shape index (κ2) is 6.51. The molecule has 0 aromatic heterocycles. The first-order chi connectivity index (χ1) is 10.9. The number of hydrogen-bond donors (Lipinski definition) is 0. The molecule has 0 unspecified atom stereocenters. The van der Waals surface area contributed by atoms with E-state index >= 15 is 0 Å². The molecule has 3 aliphatic rings. The van der Waals surface area contributed by atoms with Gasteiger partial charge in [-0.3, -0.25) is 0 Å². The molecule has 0 radical (unpaired) electrons. The number of fused-ring (bicyclic) bond motifs is 1. The zero-order valence-corrected chi connectivity index (χ0v) is 18.1. The predicted molar refractivity (Wildman–Crippen MR) is 104 cm³/mol. The molecule has 0 spiro atoms. The second-order valence-corrected chi connectivity index (χ2v) is 15.2. The Hall–Kier alpha value is -0.773. The number of hydrogen-bond acceptors (Lipinski definition) is 2. The number of amides is 1. The highest BCUT2D eigenvalue weighted by Gasteiger charge is 2.54. The van der Waals surface area contributed by atoms with Gasteiger partial charge >= 0.3 is 6.09 Å². The van der Waals surface area contributed by atoms with Crippen LogP contribution < -0.4 is 0 Å². The number of rotatable bonds is 5. The minimum Gasteiger partial charge on any atom is -0.446 e. The first-order valence-electron chi connectivity index (χ1n) is 9.56. The van der Waals surface area contributed by atoms with Crippen molar-refractivity contribution in [1.29, 1.82) is 0 Å².